The van der Waals surface area contributed by atoms with Crippen LogP contribution in [0.4, 0.5) is 0 Å². The predicted octanol–water partition coefficient (Wildman–Crippen LogP) is 1.95. The Bertz CT molecular complexity index is 206. The van der Waals surface area contributed by atoms with E-state index in [9.17, 15) is 0 Å². The largest absolute Gasteiger partial charge is 0.0669 e. The summed E-state index contributed by atoms with van der Waals surface area (Å²) >= 11 is 0. The van der Waals surface area contributed by atoms with E-state index < -0.39 is 0 Å². The van der Waals surface area contributed by atoms with Crippen molar-refractivity contribution in [1.29, 1.82) is 0 Å². The molecule has 0 aliphatic heterocycles. The molecule has 0 aliphatic rings. The molecule has 0 spiro atoms. The summed E-state index contributed by atoms with van der Waals surface area (Å²) in [6, 6.07) is 12.4. The molecule has 1 rings (SSSR count). The molecule has 66 valence electrons. The predicted molar refractivity (Wildman–Crippen MR) is 58.9 cm³/mol. The van der Waals surface area contributed by atoms with Crippen LogP contribution < -0.4 is 5.19 Å². The molecule has 1 atom stereocenters. The number of rotatable bonds is 4. The Kier molecular flexibility index (Phi) is 4.09. The van der Waals surface area contributed by atoms with Gasteiger partial charge in [-0.25, -0.2) is 0 Å². The topological polar surface area (TPSA) is 0 Å². The van der Waals surface area contributed by atoms with Gasteiger partial charge in [0.1, 0.15) is 0 Å². The first kappa shape index (κ1) is 9.52. The fourth-order valence-corrected chi connectivity index (χ4v) is 3.10. The van der Waals surface area contributed by atoms with Gasteiger partial charge in [-0.2, -0.15) is 0 Å². The van der Waals surface area contributed by atoms with Gasteiger partial charge >= 0.3 is 0 Å². The van der Waals surface area contributed by atoms with Crippen LogP contribution in [0.15, 0.2) is 30.3 Å². The van der Waals surface area contributed by atoms with Gasteiger partial charge < -0.3 is 0 Å². The van der Waals surface area contributed by atoms with E-state index in [2.05, 4.69) is 44.2 Å². The van der Waals surface area contributed by atoms with Crippen LogP contribution in [0.2, 0.25) is 6.04 Å². The molecule has 0 bridgehead atoms. The summed E-state index contributed by atoms with van der Waals surface area (Å²) in [7, 11) is 0.0301. The standard InChI is InChI=1S/C11H18Si/c1-3-10(2)9-12-11-7-5-4-6-8-11/h4-8,10H,3,9,12H2,1-2H3. The minimum atomic E-state index is 0.0301. The molecule has 0 amide bonds. The van der Waals surface area contributed by atoms with Crippen LogP contribution in [0.3, 0.4) is 0 Å². The minimum absolute atomic E-state index is 0.0301. The first-order valence-electron chi connectivity index (χ1n) is 4.87. The monoisotopic (exact) mass is 178 g/mol. The molecular formula is C11H18Si. The molecule has 0 fully saturated rings. The van der Waals surface area contributed by atoms with Gasteiger partial charge in [0, 0.05) is 0 Å². The molecule has 0 radical (unpaired) electrons. The van der Waals surface area contributed by atoms with Crippen molar-refractivity contribution in [2.45, 2.75) is 26.3 Å². The van der Waals surface area contributed by atoms with Crippen molar-refractivity contribution >= 4 is 14.7 Å². The first-order valence-corrected chi connectivity index (χ1v) is 6.57. The Balaban J connectivity index is 2.33. The molecular weight excluding hydrogens is 160 g/mol. The van der Waals surface area contributed by atoms with Gasteiger partial charge in [0.15, 0.2) is 0 Å². The van der Waals surface area contributed by atoms with Crippen LogP contribution in [0.5, 0.6) is 0 Å². The quantitative estimate of drug-likeness (QED) is 0.618. The first-order chi connectivity index (χ1) is 5.83. The van der Waals surface area contributed by atoms with Gasteiger partial charge in [-0.3, -0.25) is 0 Å². The molecule has 0 aliphatic carbocycles. The minimum Gasteiger partial charge on any atom is -0.0669 e. The molecule has 0 saturated heterocycles. The van der Waals surface area contributed by atoms with Crippen LogP contribution in [-0.4, -0.2) is 9.52 Å². The van der Waals surface area contributed by atoms with Crippen LogP contribution in [0, 0.1) is 5.92 Å². The van der Waals surface area contributed by atoms with E-state index in [0.29, 0.717) is 0 Å². The molecule has 1 heteroatoms. The molecule has 1 aromatic carbocycles. The number of benzene rings is 1. The maximum atomic E-state index is 2.36. The summed E-state index contributed by atoms with van der Waals surface area (Å²) in [5, 5.41) is 1.61. The van der Waals surface area contributed by atoms with E-state index in [4.69, 9.17) is 0 Å². The second-order valence-electron chi connectivity index (χ2n) is 3.54. The second kappa shape index (κ2) is 5.15. The normalized spacial score (nSPS) is 13.8. The maximum Gasteiger partial charge on any atom is 0.0550 e. The Morgan fingerprint density at radius 3 is 2.50 bits per heavy atom. The summed E-state index contributed by atoms with van der Waals surface area (Å²) in [5.41, 5.74) is 0. The van der Waals surface area contributed by atoms with Crippen molar-refractivity contribution in [2.75, 3.05) is 0 Å². The Hall–Kier alpha value is -0.563. The lowest BCUT2D eigenvalue weighted by molar-refractivity contribution is 0.623. The van der Waals surface area contributed by atoms with Gasteiger partial charge in [0.25, 0.3) is 0 Å². The summed E-state index contributed by atoms with van der Waals surface area (Å²) in [5.74, 6) is 0.928. The maximum absolute atomic E-state index is 2.36. The summed E-state index contributed by atoms with van der Waals surface area (Å²) in [4.78, 5) is 0. The van der Waals surface area contributed by atoms with Crippen LogP contribution in [-0.2, 0) is 0 Å². The summed E-state index contributed by atoms with van der Waals surface area (Å²) < 4.78 is 0. The zero-order valence-corrected chi connectivity index (χ0v) is 9.50. The Morgan fingerprint density at radius 2 is 1.92 bits per heavy atom. The molecule has 0 aromatic heterocycles. The highest BCUT2D eigenvalue weighted by Gasteiger charge is 1.99. The van der Waals surface area contributed by atoms with Crippen molar-refractivity contribution in [3.05, 3.63) is 30.3 Å². The van der Waals surface area contributed by atoms with E-state index in [1.165, 1.54) is 12.5 Å². The molecule has 0 nitrogen and oxygen atoms in total. The summed E-state index contributed by atoms with van der Waals surface area (Å²) in [6.07, 6.45) is 1.33. The average Bonchev–Trinajstić information content (AvgIpc) is 2.16. The van der Waals surface area contributed by atoms with Crippen LogP contribution in [0.25, 0.3) is 0 Å². The van der Waals surface area contributed by atoms with Gasteiger partial charge in [0.05, 0.1) is 9.52 Å². The average molecular weight is 178 g/mol. The number of hydrogen-bond donors (Lipinski definition) is 0. The number of hydrogen-bond acceptors (Lipinski definition) is 0. The summed E-state index contributed by atoms with van der Waals surface area (Å²) in [6.45, 7) is 4.64. The van der Waals surface area contributed by atoms with Gasteiger partial charge in [-0.05, 0) is 5.92 Å². The molecule has 0 saturated carbocycles. The highest BCUT2D eigenvalue weighted by molar-refractivity contribution is 6.53. The lowest BCUT2D eigenvalue weighted by Crippen LogP contribution is -2.15. The van der Waals surface area contributed by atoms with E-state index in [-0.39, 0.29) is 9.52 Å². The lowest BCUT2D eigenvalue weighted by atomic mass is 10.2. The highest BCUT2D eigenvalue weighted by atomic mass is 28.2. The molecule has 0 N–H and O–H groups in total. The van der Waals surface area contributed by atoms with Crippen molar-refractivity contribution in [1.82, 2.24) is 0 Å². The fourth-order valence-electron chi connectivity index (χ4n) is 1.26. The lowest BCUT2D eigenvalue weighted by Gasteiger charge is -2.06. The van der Waals surface area contributed by atoms with Crippen molar-refractivity contribution in [2.24, 2.45) is 5.92 Å². The molecule has 1 aromatic rings. The highest BCUT2D eigenvalue weighted by Crippen LogP contribution is 2.05. The molecule has 1 unspecified atom stereocenters. The third-order valence-corrected chi connectivity index (χ3v) is 4.79. The van der Waals surface area contributed by atoms with Crippen molar-refractivity contribution < 1.29 is 0 Å². The van der Waals surface area contributed by atoms with E-state index in [1.54, 1.807) is 5.19 Å². The van der Waals surface area contributed by atoms with E-state index >= 15 is 0 Å². The Labute approximate surface area is 77.8 Å². The molecule has 12 heavy (non-hydrogen) atoms. The van der Waals surface area contributed by atoms with E-state index in [1.807, 2.05) is 0 Å². The van der Waals surface area contributed by atoms with Gasteiger partial charge in [0.2, 0.25) is 0 Å². The third-order valence-electron chi connectivity index (χ3n) is 2.47. The third kappa shape index (κ3) is 3.22. The van der Waals surface area contributed by atoms with Gasteiger partial charge in [-0.1, -0.05) is 61.8 Å². The van der Waals surface area contributed by atoms with Crippen LogP contribution in [0.1, 0.15) is 20.3 Å². The zero-order valence-electron chi connectivity index (χ0n) is 8.09. The molecule has 0 heterocycles. The smallest absolute Gasteiger partial charge is 0.0550 e. The van der Waals surface area contributed by atoms with E-state index in [0.717, 1.165) is 5.92 Å². The van der Waals surface area contributed by atoms with Crippen molar-refractivity contribution in [3.63, 3.8) is 0 Å². The fraction of sp³-hybridized carbons (Fsp3) is 0.455. The van der Waals surface area contributed by atoms with Crippen LogP contribution >= 0.6 is 0 Å². The second-order valence-corrected chi connectivity index (χ2v) is 5.43. The SMILES string of the molecule is CCC(C)C[SiH2]c1ccccc1. The Morgan fingerprint density at radius 1 is 1.25 bits per heavy atom. The van der Waals surface area contributed by atoms with Crippen molar-refractivity contribution in [3.8, 4) is 0 Å². The zero-order chi connectivity index (χ0) is 8.81. The van der Waals surface area contributed by atoms with Gasteiger partial charge in [-0.15, -0.1) is 0 Å².